The molecule has 0 bridgehead atoms. The van der Waals surface area contributed by atoms with Crippen molar-refractivity contribution in [1.82, 2.24) is 0 Å². The van der Waals surface area contributed by atoms with Crippen LogP contribution in [-0.4, -0.2) is 17.9 Å². The van der Waals surface area contributed by atoms with Gasteiger partial charge in [0, 0.05) is 12.3 Å². The van der Waals surface area contributed by atoms with Gasteiger partial charge in [-0.2, -0.15) is 0 Å². The monoisotopic (exact) mass is 418 g/mol. The number of hydrogen-bond acceptors (Lipinski definition) is 4. The van der Waals surface area contributed by atoms with Gasteiger partial charge in [0.15, 0.2) is 11.9 Å². The highest BCUT2D eigenvalue weighted by molar-refractivity contribution is 5.92. The van der Waals surface area contributed by atoms with Crippen LogP contribution in [0.3, 0.4) is 0 Å². The summed E-state index contributed by atoms with van der Waals surface area (Å²) in [5.74, 6) is 1.97. The predicted octanol–water partition coefficient (Wildman–Crippen LogP) is 5.23. The van der Waals surface area contributed by atoms with Gasteiger partial charge in [-0.25, -0.2) is 0 Å². The first-order valence-electron chi connectivity index (χ1n) is 11.5. The highest BCUT2D eigenvalue weighted by Gasteiger charge is 2.59. The number of fused-ring (bicyclic) bond motifs is 5. The Labute approximate surface area is 183 Å². The van der Waals surface area contributed by atoms with Crippen LogP contribution in [0.15, 0.2) is 48.5 Å². The number of Topliss-reactive ketones (excluding diaryl/α,β-unsaturated/α-hetero) is 1. The molecule has 0 spiro atoms. The van der Waals surface area contributed by atoms with Crippen molar-refractivity contribution in [2.45, 2.75) is 64.6 Å². The Kier molecular flexibility index (Phi) is 5.11. The molecule has 2 aromatic carbocycles. The molecule has 0 heterocycles. The molecular weight excluding hydrogens is 388 g/mol. The van der Waals surface area contributed by atoms with Crippen LogP contribution in [0, 0.1) is 17.3 Å². The Morgan fingerprint density at radius 2 is 1.94 bits per heavy atom. The Hall–Kier alpha value is -2.62. The molecule has 0 radical (unpaired) electrons. The van der Waals surface area contributed by atoms with Crippen LogP contribution in [0.1, 0.15) is 62.1 Å². The molecular formula is C27H30O4. The van der Waals surface area contributed by atoms with Crippen LogP contribution >= 0.6 is 0 Å². The van der Waals surface area contributed by atoms with Crippen molar-refractivity contribution in [2.75, 3.05) is 0 Å². The molecule has 3 aliphatic carbocycles. The summed E-state index contributed by atoms with van der Waals surface area (Å²) in [4.78, 5) is 24.5. The van der Waals surface area contributed by atoms with Crippen molar-refractivity contribution in [3.63, 3.8) is 0 Å². The number of carbonyl (C=O) groups is 2. The van der Waals surface area contributed by atoms with E-state index in [0.29, 0.717) is 30.8 Å². The fourth-order valence-electron chi connectivity index (χ4n) is 6.46. The highest BCUT2D eigenvalue weighted by Crippen LogP contribution is 2.60. The largest absolute Gasteiger partial charge is 0.489 e. The summed E-state index contributed by atoms with van der Waals surface area (Å²) in [6.45, 7) is 4.08. The van der Waals surface area contributed by atoms with Gasteiger partial charge in [0.2, 0.25) is 0 Å². The quantitative estimate of drug-likeness (QED) is 0.638. The molecule has 0 aromatic heterocycles. The fourth-order valence-corrected chi connectivity index (χ4v) is 6.46. The lowest BCUT2D eigenvalue weighted by Gasteiger charge is -2.48. The fraction of sp³-hybridized carbons (Fsp3) is 0.481. The molecule has 3 aliphatic rings. The smallest absolute Gasteiger partial charge is 0.303 e. The van der Waals surface area contributed by atoms with Gasteiger partial charge in [-0.05, 0) is 78.7 Å². The molecule has 0 N–H and O–H groups in total. The maximum atomic E-state index is 13.1. The first kappa shape index (κ1) is 20.3. The van der Waals surface area contributed by atoms with E-state index in [0.717, 1.165) is 31.4 Å². The molecule has 5 rings (SSSR count). The maximum absolute atomic E-state index is 13.1. The van der Waals surface area contributed by atoms with E-state index in [-0.39, 0.29) is 17.2 Å². The average Bonchev–Trinajstić information content (AvgIpc) is 3.02. The Morgan fingerprint density at radius 3 is 2.71 bits per heavy atom. The number of rotatable bonds is 4. The second kappa shape index (κ2) is 7.81. The zero-order valence-corrected chi connectivity index (χ0v) is 18.3. The lowest BCUT2D eigenvalue weighted by atomic mass is 9.55. The average molecular weight is 419 g/mol. The van der Waals surface area contributed by atoms with Crippen molar-refractivity contribution in [1.29, 1.82) is 0 Å². The first-order chi connectivity index (χ1) is 15.0. The number of ketones is 1. The molecule has 2 saturated carbocycles. The van der Waals surface area contributed by atoms with Crippen LogP contribution < -0.4 is 4.74 Å². The minimum atomic E-state index is -0.554. The molecule has 0 saturated heterocycles. The third-order valence-corrected chi connectivity index (χ3v) is 7.97. The minimum Gasteiger partial charge on any atom is -0.489 e. The summed E-state index contributed by atoms with van der Waals surface area (Å²) in [5, 5.41) is 0. The second-order valence-electron chi connectivity index (χ2n) is 9.70. The standard InChI is InChI=1S/C27H30O4/c1-17(28)31-25-15-24-23-10-8-19-14-20(30-16-18-6-4-3-5-7-18)9-11-21(19)22(23)12-13-27(24,2)26(25)29/h3-7,9,11,14,22-25H,8,10,12-13,15-16H2,1-2H3/t22-,23-,24+,25-,27+/m1/s1. The highest BCUT2D eigenvalue weighted by atomic mass is 16.5. The number of hydrogen-bond donors (Lipinski definition) is 0. The predicted molar refractivity (Wildman–Crippen MR) is 118 cm³/mol. The van der Waals surface area contributed by atoms with Crippen molar-refractivity contribution >= 4 is 11.8 Å². The van der Waals surface area contributed by atoms with E-state index in [9.17, 15) is 9.59 Å². The zero-order valence-electron chi connectivity index (χ0n) is 18.3. The molecule has 162 valence electrons. The lowest BCUT2D eigenvalue weighted by molar-refractivity contribution is -0.153. The lowest BCUT2D eigenvalue weighted by Crippen LogP contribution is -2.43. The topological polar surface area (TPSA) is 52.6 Å². The van der Waals surface area contributed by atoms with Gasteiger partial charge in [0.25, 0.3) is 0 Å². The van der Waals surface area contributed by atoms with Crippen molar-refractivity contribution in [2.24, 2.45) is 17.3 Å². The third kappa shape index (κ3) is 3.56. The van der Waals surface area contributed by atoms with E-state index >= 15 is 0 Å². The Bertz CT molecular complexity index is 998. The summed E-state index contributed by atoms with van der Waals surface area (Å²) >= 11 is 0. The van der Waals surface area contributed by atoms with Gasteiger partial charge in [-0.1, -0.05) is 43.3 Å². The van der Waals surface area contributed by atoms with Gasteiger partial charge < -0.3 is 9.47 Å². The Morgan fingerprint density at radius 1 is 1.13 bits per heavy atom. The summed E-state index contributed by atoms with van der Waals surface area (Å²) in [7, 11) is 0. The summed E-state index contributed by atoms with van der Waals surface area (Å²) in [6.07, 6.45) is 4.12. The normalized spacial score (nSPS) is 31.4. The summed E-state index contributed by atoms with van der Waals surface area (Å²) in [6, 6.07) is 16.8. The molecule has 2 aromatic rings. The molecule has 5 atom stereocenters. The van der Waals surface area contributed by atoms with E-state index < -0.39 is 6.10 Å². The minimum absolute atomic E-state index is 0.140. The van der Waals surface area contributed by atoms with Crippen LogP contribution in [0.5, 0.6) is 5.75 Å². The van der Waals surface area contributed by atoms with E-state index in [2.05, 4.69) is 37.3 Å². The van der Waals surface area contributed by atoms with Gasteiger partial charge in [-0.15, -0.1) is 0 Å². The van der Waals surface area contributed by atoms with Crippen molar-refractivity contribution in [3.05, 3.63) is 65.2 Å². The van der Waals surface area contributed by atoms with Gasteiger partial charge in [0.1, 0.15) is 12.4 Å². The number of carbonyl (C=O) groups excluding carboxylic acids is 2. The molecule has 0 amide bonds. The van der Waals surface area contributed by atoms with Crippen LogP contribution in [0.25, 0.3) is 0 Å². The van der Waals surface area contributed by atoms with Crippen LogP contribution in [-0.2, 0) is 27.4 Å². The molecule has 2 fully saturated rings. The van der Waals surface area contributed by atoms with Gasteiger partial charge >= 0.3 is 5.97 Å². The van der Waals surface area contributed by atoms with E-state index in [1.165, 1.54) is 23.6 Å². The molecule has 4 heteroatoms. The van der Waals surface area contributed by atoms with Crippen LogP contribution in [0.2, 0.25) is 0 Å². The van der Waals surface area contributed by atoms with Gasteiger partial charge in [0.05, 0.1) is 0 Å². The third-order valence-electron chi connectivity index (χ3n) is 7.97. The maximum Gasteiger partial charge on any atom is 0.303 e. The molecule has 4 nitrogen and oxygen atoms in total. The summed E-state index contributed by atoms with van der Waals surface area (Å²) in [5.41, 5.74) is 3.63. The van der Waals surface area contributed by atoms with E-state index in [1.54, 1.807) is 0 Å². The number of esters is 1. The zero-order chi connectivity index (χ0) is 21.6. The Balaban J connectivity index is 1.34. The van der Waals surface area contributed by atoms with E-state index in [4.69, 9.17) is 9.47 Å². The number of aryl methyl sites for hydroxylation is 1. The van der Waals surface area contributed by atoms with Crippen LogP contribution in [0.4, 0.5) is 0 Å². The molecule has 0 aliphatic heterocycles. The first-order valence-corrected chi connectivity index (χ1v) is 11.5. The number of ether oxygens (including phenoxy) is 2. The van der Waals surface area contributed by atoms with E-state index in [1.807, 2.05) is 18.2 Å². The SMILES string of the molecule is CC(=O)O[C@@H]1C[C@H]2[C@@H]3CCc4cc(OCc5ccccc5)ccc4[C@H]3CC[C@]2(C)C1=O. The molecule has 0 unspecified atom stereocenters. The van der Waals surface area contributed by atoms with Crippen molar-refractivity contribution < 1.29 is 19.1 Å². The second-order valence-corrected chi connectivity index (χ2v) is 9.70. The van der Waals surface area contributed by atoms with Crippen molar-refractivity contribution in [3.8, 4) is 5.75 Å². The summed E-state index contributed by atoms with van der Waals surface area (Å²) < 4.78 is 11.5. The van der Waals surface area contributed by atoms with Gasteiger partial charge in [-0.3, -0.25) is 9.59 Å². The molecule has 31 heavy (non-hydrogen) atoms. The number of benzene rings is 2.